The number of allylic oxidation sites excluding steroid dienone is 4. The number of fused-ring (bicyclic) bond motifs is 7. The van der Waals surface area contributed by atoms with Crippen LogP contribution in [0.15, 0.2) is 108 Å². The van der Waals surface area contributed by atoms with Crippen LogP contribution >= 0.6 is 11.3 Å². The number of unbranched alkanes of at least 4 members (excludes halogenated alkanes) is 5. The molecule has 0 aliphatic carbocycles. The molecule has 0 bridgehead atoms. The van der Waals surface area contributed by atoms with Gasteiger partial charge in [-0.05, 0) is 84.7 Å². The predicted molar refractivity (Wildman–Crippen MR) is 243 cm³/mol. The van der Waals surface area contributed by atoms with Gasteiger partial charge in [-0.3, -0.25) is 9.59 Å². The van der Waals surface area contributed by atoms with Crippen LogP contribution in [0.1, 0.15) is 111 Å². The first-order chi connectivity index (χ1) is 28.9. The maximum absolute atomic E-state index is 12.5. The molecule has 0 saturated heterocycles. The minimum atomic E-state index is -1.02. The number of nitrogens with zero attached hydrogens (tertiary/aromatic N) is 2. The number of carboxylic acids is 3. The molecular formula is C51H55N2O6S+. The zero-order valence-corrected chi connectivity index (χ0v) is 35.9. The summed E-state index contributed by atoms with van der Waals surface area (Å²) in [6.07, 6.45) is 10.5. The molecule has 8 nitrogen and oxygen atoms in total. The van der Waals surface area contributed by atoms with E-state index in [0.717, 1.165) is 80.6 Å². The molecule has 7 rings (SSSR count). The third-order valence-corrected chi connectivity index (χ3v) is 13.4. The zero-order valence-electron chi connectivity index (χ0n) is 35.1. The van der Waals surface area contributed by atoms with E-state index in [1.807, 2.05) is 11.5 Å². The quantitative estimate of drug-likeness (QED) is 0.0448. The molecule has 1 aliphatic rings. The summed E-state index contributed by atoms with van der Waals surface area (Å²) in [6, 6.07) is 31.0. The first-order valence-electron chi connectivity index (χ1n) is 21.2. The molecule has 1 unspecified atom stereocenters. The second-order valence-electron chi connectivity index (χ2n) is 16.4. The summed E-state index contributed by atoms with van der Waals surface area (Å²) in [6.45, 7) is 9.04. The molecule has 0 spiro atoms. The lowest BCUT2D eigenvalue weighted by molar-refractivity contribution is -0.668. The van der Waals surface area contributed by atoms with Crippen molar-refractivity contribution in [1.82, 2.24) is 0 Å². The van der Waals surface area contributed by atoms with Crippen molar-refractivity contribution >= 4 is 72.3 Å². The molecule has 0 fully saturated rings. The van der Waals surface area contributed by atoms with E-state index in [2.05, 4.69) is 105 Å². The third kappa shape index (κ3) is 8.46. The van der Waals surface area contributed by atoms with Crippen molar-refractivity contribution in [2.75, 3.05) is 11.4 Å². The fraction of sp³-hybridized carbons (Fsp3) is 0.333. The van der Waals surface area contributed by atoms with Gasteiger partial charge < -0.3 is 20.2 Å². The van der Waals surface area contributed by atoms with Gasteiger partial charge in [-0.2, -0.15) is 4.57 Å². The number of aryl methyl sites for hydroxylation is 2. The molecule has 3 N–H and O–H groups in total. The smallest absolute Gasteiger partial charge is 0.335 e. The number of aromatic nitrogens is 1. The minimum Gasteiger partial charge on any atom is -0.481 e. The minimum absolute atomic E-state index is 0.0465. The Hall–Kier alpha value is -5.80. The molecule has 0 saturated carbocycles. The highest BCUT2D eigenvalue weighted by Gasteiger charge is 2.49. The van der Waals surface area contributed by atoms with Crippen LogP contribution < -0.4 is 9.47 Å². The van der Waals surface area contributed by atoms with Gasteiger partial charge in [0.1, 0.15) is 11.1 Å². The molecular weight excluding hydrogens is 769 g/mol. The van der Waals surface area contributed by atoms with Crippen LogP contribution in [0.2, 0.25) is 0 Å². The van der Waals surface area contributed by atoms with Gasteiger partial charge in [0.25, 0.3) is 5.01 Å². The first-order valence-corrected chi connectivity index (χ1v) is 22.1. The average molecular weight is 824 g/mol. The molecule has 1 aliphatic heterocycles. The normalized spacial score (nSPS) is 16.2. The fourth-order valence-electron chi connectivity index (χ4n) is 9.56. The van der Waals surface area contributed by atoms with Gasteiger partial charge in [-0.25, -0.2) is 4.79 Å². The summed E-state index contributed by atoms with van der Waals surface area (Å²) >= 11 is 1.46. The Morgan fingerprint density at radius 1 is 0.767 bits per heavy atom. The number of thiazole rings is 1. The van der Waals surface area contributed by atoms with Crippen molar-refractivity contribution in [3.8, 4) is 0 Å². The van der Waals surface area contributed by atoms with E-state index in [0.29, 0.717) is 0 Å². The molecule has 0 amide bonds. The lowest BCUT2D eigenvalue weighted by Crippen LogP contribution is -2.37. The van der Waals surface area contributed by atoms with Gasteiger partial charge in [0.15, 0.2) is 6.54 Å². The second kappa shape index (κ2) is 18.2. The fourth-order valence-corrected chi connectivity index (χ4v) is 10.8. The number of carbonyl (C=O) groups is 3. The maximum atomic E-state index is 12.5. The summed E-state index contributed by atoms with van der Waals surface area (Å²) in [7, 11) is 0. The van der Waals surface area contributed by atoms with Crippen molar-refractivity contribution in [3.05, 3.63) is 136 Å². The number of aliphatic carboxylic acids is 2. The van der Waals surface area contributed by atoms with Crippen molar-refractivity contribution in [2.45, 2.75) is 104 Å². The average Bonchev–Trinajstić information content (AvgIpc) is 3.74. The molecule has 310 valence electrons. The van der Waals surface area contributed by atoms with Gasteiger partial charge in [0.2, 0.25) is 5.52 Å². The van der Waals surface area contributed by atoms with Gasteiger partial charge in [-0.15, -0.1) is 0 Å². The van der Waals surface area contributed by atoms with Crippen LogP contribution in [0.3, 0.4) is 0 Å². The van der Waals surface area contributed by atoms with Gasteiger partial charge in [0.05, 0.1) is 17.7 Å². The highest BCUT2D eigenvalue weighted by Crippen LogP contribution is 2.59. The summed E-state index contributed by atoms with van der Waals surface area (Å²) in [5.41, 5.74) is 8.17. The molecule has 60 heavy (non-hydrogen) atoms. The Labute approximate surface area is 356 Å². The van der Waals surface area contributed by atoms with E-state index < -0.39 is 23.3 Å². The Morgan fingerprint density at radius 2 is 1.40 bits per heavy atom. The Bertz CT molecular complexity index is 2660. The summed E-state index contributed by atoms with van der Waals surface area (Å²) in [5, 5.41) is 35.2. The number of rotatable bonds is 18. The predicted octanol–water partition coefficient (Wildman–Crippen LogP) is 11.9. The van der Waals surface area contributed by atoms with Crippen LogP contribution in [0.25, 0.3) is 37.3 Å². The van der Waals surface area contributed by atoms with Crippen molar-refractivity contribution < 1.29 is 34.3 Å². The third-order valence-electron chi connectivity index (χ3n) is 12.2. The number of hydrogen-bond donors (Lipinski definition) is 3. The Kier molecular flexibility index (Phi) is 12.9. The highest BCUT2D eigenvalue weighted by atomic mass is 32.1. The topological polar surface area (TPSA) is 119 Å². The number of aromatic carboxylic acids is 1. The van der Waals surface area contributed by atoms with Crippen LogP contribution in [-0.2, 0) is 28.0 Å². The number of benzene rings is 5. The number of anilines is 1. The molecule has 1 aromatic heterocycles. The van der Waals surface area contributed by atoms with Gasteiger partial charge in [0, 0.05) is 34.7 Å². The van der Waals surface area contributed by atoms with Crippen LogP contribution in [0.5, 0.6) is 0 Å². The van der Waals surface area contributed by atoms with Gasteiger partial charge in [-0.1, -0.05) is 135 Å². The SMILES string of the molecule is CCCCCCCCC1(Cc2ccc(C)cc2)/C(=C(C)/C=C(\C)c2sc3cc(C(=O)O)ccc3[n+]2CCC(=O)O)N(CCC(=O)O)c2c1c1ccccc1c1ccccc21. The zero-order chi connectivity index (χ0) is 42.6. The summed E-state index contributed by atoms with van der Waals surface area (Å²) in [4.78, 5) is 38.7. The molecule has 5 aromatic carbocycles. The second-order valence-corrected chi connectivity index (χ2v) is 17.5. The van der Waals surface area contributed by atoms with Crippen molar-refractivity contribution in [3.63, 3.8) is 0 Å². The number of carboxylic acid groups (broad SMARTS) is 3. The molecule has 1 atom stereocenters. The molecule has 0 radical (unpaired) electrons. The van der Waals surface area contributed by atoms with Gasteiger partial charge >= 0.3 is 17.9 Å². The molecule has 6 aromatic rings. The van der Waals surface area contributed by atoms with Crippen molar-refractivity contribution in [1.29, 1.82) is 0 Å². The molecule has 2 heterocycles. The Balaban J connectivity index is 1.53. The van der Waals surface area contributed by atoms with Crippen LogP contribution in [-0.4, -0.2) is 39.8 Å². The standard InChI is InChI=1S/C51H54N2O6S/c1-5-6-7-8-9-14-27-51(32-36-21-19-33(2)20-22-36)46-40-17-12-10-15-38(40)39-16-11-13-18-41(39)47(46)53(29-26-45(56)57)48(51)34(3)30-35(4)49-52(28-25-44(54)55)42-24-23-37(50(58)59)31-43(42)60-49/h10-13,15-24,30-31H,5-9,14,25-29,32H2,1-4H3,(H2-,54,55,56,57,58,59)/p+1. The van der Waals surface area contributed by atoms with Crippen LogP contribution in [0, 0.1) is 6.92 Å². The first kappa shape index (κ1) is 42.3. The summed E-state index contributed by atoms with van der Waals surface area (Å²) in [5.74, 6) is -2.79. The van der Waals surface area contributed by atoms with E-state index in [-0.39, 0.29) is 31.5 Å². The van der Waals surface area contributed by atoms with E-state index in [4.69, 9.17) is 0 Å². The lowest BCUT2D eigenvalue weighted by Gasteiger charge is -2.36. The van der Waals surface area contributed by atoms with Crippen molar-refractivity contribution in [2.24, 2.45) is 0 Å². The monoisotopic (exact) mass is 823 g/mol. The van der Waals surface area contributed by atoms with E-state index in [9.17, 15) is 29.7 Å². The largest absolute Gasteiger partial charge is 0.481 e. The lowest BCUT2D eigenvalue weighted by atomic mass is 9.68. The van der Waals surface area contributed by atoms with Crippen LogP contribution in [0.4, 0.5) is 5.69 Å². The Morgan fingerprint density at radius 3 is 2.07 bits per heavy atom. The number of hydrogen-bond acceptors (Lipinski definition) is 5. The van der Waals surface area contributed by atoms with E-state index >= 15 is 0 Å². The highest BCUT2D eigenvalue weighted by molar-refractivity contribution is 7.19. The van der Waals surface area contributed by atoms with E-state index in [1.54, 1.807) is 18.2 Å². The maximum Gasteiger partial charge on any atom is 0.335 e. The summed E-state index contributed by atoms with van der Waals surface area (Å²) < 4.78 is 2.76. The molecule has 9 heteroatoms. The van der Waals surface area contributed by atoms with E-state index in [1.165, 1.54) is 58.1 Å².